The van der Waals surface area contributed by atoms with Crippen LogP contribution in [0.4, 0.5) is 0 Å². The number of nitrogens with zero attached hydrogens (tertiary/aromatic N) is 1. The monoisotopic (exact) mass is 359 g/mol. The van der Waals surface area contributed by atoms with E-state index in [9.17, 15) is 14.7 Å². The molecule has 0 saturated carbocycles. The summed E-state index contributed by atoms with van der Waals surface area (Å²) >= 11 is 0. The molecule has 1 aromatic carbocycles. The molecule has 1 aromatic rings. The molecule has 142 valence electrons. The van der Waals surface area contributed by atoms with Crippen molar-refractivity contribution < 1.29 is 19.4 Å². The first-order valence-corrected chi connectivity index (χ1v) is 9.43. The molecular formula is C21H29NO4. The lowest BCUT2D eigenvalue weighted by Crippen LogP contribution is -2.32. The van der Waals surface area contributed by atoms with E-state index < -0.39 is 17.7 Å². The van der Waals surface area contributed by atoms with Gasteiger partial charge in [-0.15, -0.1) is 0 Å². The standard InChI is InChI=1S/C21H29NO4/c1-5-7-13-26-16-10-8-15(9-11-16)18-17(19(23)14(3)4)20(24)21(25)22(18)12-6-2/h8-11,14,18,24H,5-7,12-13H2,1-4H3. The third-order valence-corrected chi connectivity index (χ3v) is 4.52. The maximum atomic E-state index is 12.7. The van der Waals surface area contributed by atoms with Crippen LogP contribution < -0.4 is 4.74 Å². The van der Waals surface area contributed by atoms with E-state index in [1.54, 1.807) is 18.7 Å². The van der Waals surface area contributed by atoms with E-state index in [1.807, 2.05) is 31.2 Å². The van der Waals surface area contributed by atoms with Gasteiger partial charge in [0.2, 0.25) is 0 Å². The number of amides is 1. The molecule has 0 saturated heterocycles. The number of benzene rings is 1. The van der Waals surface area contributed by atoms with Crippen LogP contribution in [0.1, 0.15) is 58.6 Å². The predicted octanol–water partition coefficient (Wildman–Crippen LogP) is 4.20. The van der Waals surface area contributed by atoms with Gasteiger partial charge in [-0.05, 0) is 30.5 Å². The summed E-state index contributed by atoms with van der Waals surface area (Å²) in [7, 11) is 0. The Morgan fingerprint density at radius 1 is 1.19 bits per heavy atom. The smallest absolute Gasteiger partial charge is 0.290 e. The van der Waals surface area contributed by atoms with Gasteiger partial charge in [-0.3, -0.25) is 9.59 Å². The highest BCUT2D eigenvalue weighted by molar-refractivity contribution is 6.09. The van der Waals surface area contributed by atoms with Gasteiger partial charge < -0.3 is 14.7 Å². The quantitative estimate of drug-likeness (QED) is 0.671. The normalized spacial score (nSPS) is 17.3. The van der Waals surface area contributed by atoms with E-state index in [4.69, 9.17) is 4.74 Å². The van der Waals surface area contributed by atoms with Gasteiger partial charge >= 0.3 is 0 Å². The number of carbonyl (C=O) groups is 2. The Labute approximate surface area is 155 Å². The van der Waals surface area contributed by atoms with Crippen LogP contribution in [-0.2, 0) is 9.59 Å². The maximum absolute atomic E-state index is 12.7. The van der Waals surface area contributed by atoms with Crippen molar-refractivity contribution >= 4 is 11.7 Å². The molecule has 0 spiro atoms. The SMILES string of the molecule is CCCCOc1ccc(C2C(C(=O)C(C)C)=C(O)C(=O)N2CCC)cc1. The molecular weight excluding hydrogens is 330 g/mol. The van der Waals surface area contributed by atoms with Crippen LogP contribution in [0.5, 0.6) is 5.75 Å². The number of hydrogen-bond acceptors (Lipinski definition) is 4. The van der Waals surface area contributed by atoms with E-state index in [2.05, 4.69) is 6.92 Å². The average molecular weight is 359 g/mol. The Hall–Kier alpha value is -2.30. The largest absolute Gasteiger partial charge is 0.503 e. The molecule has 1 atom stereocenters. The Morgan fingerprint density at radius 3 is 2.38 bits per heavy atom. The summed E-state index contributed by atoms with van der Waals surface area (Å²) in [6.07, 6.45) is 2.81. The summed E-state index contributed by atoms with van der Waals surface area (Å²) in [5.41, 5.74) is 1.01. The van der Waals surface area contributed by atoms with Crippen molar-refractivity contribution in [2.45, 2.75) is 53.0 Å². The van der Waals surface area contributed by atoms with Crippen molar-refractivity contribution in [2.75, 3.05) is 13.2 Å². The molecule has 0 fully saturated rings. The van der Waals surface area contributed by atoms with E-state index in [0.717, 1.165) is 30.6 Å². The number of unbranched alkanes of at least 4 members (excludes halogenated alkanes) is 1. The van der Waals surface area contributed by atoms with Gasteiger partial charge in [0.25, 0.3) is 5.91 Å². The first-order valence-electron chi connectivity index (χ1n) is 9.43. The molecule has 1 heterocycles. The lowest BCUT2D eigenvalue weighted by molar-refractivity contribution is -0.129. The predicted molar refractivity (Wildman–Crippen MR) is 101 cm³/mol. The summed E-state index contributed by atoms with van der Waals surface area (Å²) < 4.78 is 5.68. The van der Waals surface area contributed by atoms with Gasteiger partial charge in [0.05, 0.1) is 18.2 Å². The number of ketones is 1. The van der Waals surface area contributed by atoms with Crippen molar-refractivity contribution in [3.8, 4) is 5.75 Å². The van der Waals surface area contributed by atoms with Crippen LogP contribution in [-0.4, -0.2) is 34.8 Å². The first-order chi connectivity index (χ1) is 12.4. The second kappa shape index (κ2) is 8.88. The average Bonchev–Trinajstić information content (AvgIpc) is 2.87. The fourth-order valence-corrected chi connectivity index (χ4v) is 3.12. The van der Waals surface area contributed by atoms with Gasteiger partial charge in [0.1, 0.15) is 5.75 Å². The number of rotatable bonds is 9. The van der Waals surface area contributed by atoms with Gasteiger partial charge in [-0.2, -0.15) is 0 Å². The fourth-order valence-electron chi connectivity index (χ4n) is 3.12. The second-order valence-electron chi connectivity index (χ2n) is 6.95. The highest BCUT2D eigenvalue weighted by atomic mass is 16.5. The van der Waals surface area contributed by atoms with Crippen molar-refractivity contribution in [3.63, 3.8) is 0 Å². The van der Waals surface area contributed by atoms with Crippen molar-refractivity contribution in [2.24, 2.45) is 5.92 Å². The molecule has 1 aliphatic rings. The summed E-state index contributed by atoms with van der Waals surface area (Å²) in [5.74, 6) is -0.601. The van der Waals surface area contributed by atoms with Crippen LogP contribution in [0.15, 0.2) is 35.6 Å². The van der Waals surface area contributed by atoms with Crippen LogP contribution in [0.2, 0.25) is 0 Å². The fraction of sp³-hybridized carbons (Fsp3) is 0.524. The Kier molecular flexibility index (Phi) is 6.83. The van der Waals surface area contributed by atoms with E-state index in [-0.39, 0.29) is 17.3 Å². The van der Waals surface area contributed by atoms with Crippen LogP contribution in [0.25, 0.3) is 0 Å². The zero-order valence-electron chi connectivity index (χ0n) is 16.1. The Bertz CT molecular complexity index is 676. The number of hydrogen-bond donors (Lipinski definition) is 1. The summed E-state index contributed by atoms with van der Waals surface area (Å²) in [4.78, 5) is 26.7. The van der Waals surface area contributed by atoms with Crippen LogP contribution in [0.3, 0.4) is 0 Å². The molecule has 5 nitrogen and oxygen atoms in total. The van der Waals surface area contributed by atoms with Gasteiger partial charge in [0.15, 0.2) is 11.5 Å². The highest BCUT2D eigenvalue weighted by Crippen LogP contribution is 2.39. The molecule has 26 heavy (non-hydrogen) atoms. The zero-order valence-corrected chi connectivity index (χ0v) is 16.1. The maximum Gasteiger partial charge on any atom is 0.290 e. The van der Waals surface area contributed by atoms with Crippen molar-refractivity contribution in [1.29, 1.82) is 0 Å². The van der Waals surface area contributed by atoms with Gasteiger partial charge in [-0.25, -0.2) is 0 Å². The van der Waals surface area contributed by atoms with Crippen molar-refractivity contribution in [3.05, 3.63) is 41.2 Å². The summed E-state index contributed by atoms with van der Waals surface area (Å²) in [6.45, 7) is 8.77. The third-order valence-electron chi connectivity index (χ3n) is 4.52. The second-order valence-corrected chi connectivity index (χ2v) is 6.95. The number of aliphatic hydroxyl groups is 1. The molecule has 2 rings (SSSR count). The van der Waals surface area contributed by atoms with E-state index >= 15 is 0 Å². The molecule has 0 aliphatic carbocycles. The van der Waals surface area contributed by atoms with Gasteiger partial charge in [-0.1, -0.05) is 46.2 Å². The van der Waals surface area contributed by atoms with Crippen LogP contribution >= 0.6 is 0 Å². The molecule has 1 N–H and O–H groups in total. The number of Topliss-reactive ketones (excluding diaryl/α,β-unsaturated/α-hetero) is 1. The molecule has 0 radical (unpaired) electrons. The Balaban J connectivity index is 2.35. The third kappa shape index (κ3) is 4.09. The summed E-state index contributed by atoms with van der Waals surface area (Å²) in [5, 5.41) is 10.3. The zero-order chi connectivity index (χ0) is 19.3. The molecule has 1 aliphatic heterocycles. The molecule has 0 aromatic heterocycles. The lowest BCUT2D eigenvalue weighted by atomic mass is 9.91. The number of aliphatic hydroxyl groups excluding tert-OH is 1. The molecule has 1 amide bonds. The minimum atomic E-state index is -0.540. The lowest BCUT2D eigenvalue weighted by Gasteiger charge is -2.27. The molecule has 0 bridgehead atoms. The Morgan fingerprint density at radius 2 is 1.85 bits per heavy atom. The van der Waals surface area contributed by atoms with Gasteiger partial charge in [0, 0.05) is 12.5 Å². The summed E-state index contributed by atoms with van der Waals surface area (Å²) in [6, 6.07) is 6.91. The van der Waals surface area contributed by atoms with Crippen molar-refractivity contribution in [1.82, 2.24) is 4.90 Å². The highest BCUT2D eigenvalue weighted by Gasteiger charge is 2.43. The number of carbonyl (C=O) groups excluding carboxylic acids is 2. The van der Waals surface area contributed by atoms with Crippen LogP contribution in [0, 0.1) is 5.92 Å². The number of ether oxygens (including phenoxy) is 1. The molecule has 5 heteroatoms. The minimum absolute atomic E-state index is 0.192. The topological polar surface area (TPSA) is 66.8 Å². The van der Waals surface area contributed by atoms with E-state index in [1.165, 1.54) is 0 Å². The first kappa shape index (κ1) is 20.0. The molecule has 1 unspecified atom stereocenters. The minimum Gasteiger partial charge on any atom is -0.503 e. The van der Waals surface area contributed by atoms with E-state index in [0.29, 0.717) is 13.2 Å².